The van der Waals surface area contributed by atoms with Gasteiger partial charge in [0.2, 0.25) is 0 Å². The van der Waals surface area contributed by atoms with Gasteiger partial charge in [0, 0.05) is 16.0 Å². The van der Waals surface area contributed by atoms with Crippen molar-refractivity contribution >= 4 is 33.4 Å². The first-order valence-corrected chi connectivity index (χ1v) is 8.42. The number of amides is 1. The number of carbonyl (C=O) groups excluding carboxylic acids is 1. The number of nitrogens with one attached hydrogen (secondary N) is 1. The van der Waals surface area contributed by atoms with Crippen molar-refractivity contribution in [3.63, 3.8) is 0 Å². The third-order valence-corrected chi connectivity index (χ3v) is 4.23. The average Bonchev–Trinajstić information content (AvgIpc) is 2.94. The van der Waals surface area contributed by atoms with Gasteiger partial charge in [-0.15, -0.1) is 5.10 Å². The Kier molecular flexibility index (Phi) is 4.97. The summed E-state index contributed by atoms with van der Waals surface area (Å²) in [6.07, 6.45) is 0. The van der Waals surface area contributed by atoms with Gasteiger partial charge in [-0.3, -0.25) is 4.79 Å². The van der Waals surface area contributed by atoms with E-state index in [1.165, 1.54) is 0 Å². The number of benzene rings is 2. The zero-order valence-electron chi connectivity index (χ0n) is 12.8. The molecule has 5 nitrogen and oxygen atoms in total. The molecule has 1 heterocycles. The normalized spacial score (nSPS) is 10.6. The molecule has 1 amide bonds. The lowest BCUT2D eigenvalue weighted by Gasteiger charge is -2.06. The van der Waals surface area contributed by atoms with Gasteiger partial charge in [-0.25, -0.2) is 4.68 Å². The van der Waals surface area contributed by atoms with E-state index in [4.69, 9.17) is 11.6 Å². The van der Waals surface area contributed by atoms with E-state index in [2.05, 4.69) is 31.6 Å². The number of halogens is 2. The fraction of sp³-hybridized carbons (Fsp3) is 0.118. The van der Waals surface area contributed by atoms with Crippen LogP contribution in [0.15, 0.2) is 53.0 Å². The maximum absolute atomic E-state index is 12.4. The number of rotatable bonds is 4. The molecule has 2 aromatic carbocycles. The summed E-state index contributed by atoms with van der Waals surface area (Å²) in [5, 5.41) is 11.5. The van der Waals surface area contributed by atoms with Crippen LogP contribution in [0.5, 0.6) is 0 Å². The molecular weight excluding hydrogens is 392 g/mol. The van der Waals surface area contributed by atoms with E-state index in [1.807, 2.05) is 36.4 Å². The summed E-state index contributed by atoms with van der Waals surface area (Å²) < 4.78 is 2.57. The molecule has 0 aliphatic rings. The third-order valence-electron chi connectivity index (χ3n) is 3.50. The van der Waals surface area contributed by atoms with Crippen molar-refractivity contribution in [3.8, 4) is 5.69 Å². The van der Waals surface area contributed by atoms with Crippen LogP contribution in [0, 0.1) is 6.92 Å². The summed E-state index contributed by atoms with van der Waals surface area (Å²) in [6, 6.07) is 15.0. The molecule has 0 spiro atoms. The molecular formula is C17H14BrClN4O. The van der Waals surface area contributed by atoms with Gasteiger partial charge in [-0.05, 0) is 42.8 Å². The number of aromatic nitrogens is 3. The molecule has 0 saturated heterocycles. The van der Waals surface area contributed by atoms with E-state index in [9.17, 15) is 4.79 Å². The summed E-state index contributed by atoms with van der Waals surface area (Å²) in [7, 11) is 0. The maximum Gasteiger partial charge on any atom is 0.274 e. The second-order valence-corrected chi connectivity index (χ2v) is 6.58. The molecule has 1 aromatic heterocycles. The minimum atomic E-state index is -0.263. The lowest BCUT2D eigenvalue weighted by atomic mass is 10.2. The molecule has 0 aliphatic heterocycles. The molecule has 0 saturated carbocycles. The molecule has 0 unspecified atom stereocenters. The molecule has 0 aliphatic carbocycles. The van der Waals surface area contributed by atoms with Gasteiger partial charge >= 0.3 is 0 Å². The average molecular weight is 406 g/mol. The highest BCUT2D eigenvalue weighted by atomic mass is 79.9. The van der Waals surface area contributed by atoms with Gasteiger partial charge in [0.05, 0.1) is 11.4 Å². The van der Waals surface area contributed by atoms with Gasteiger partial charge < -0.3 is 5.32 Å². The van der Waals surface area contributed by atoms with Crippen molar-refractivity contribution in [3.05, 3.63) is 75.0 Å². The molecule has 3 aromatic rings. The summed E-state index contributed by atoms with van der Waals surface area (Å²) in [6.45, 7) is 2.22. The number of hydrogen-bond donors (Lipinski definition) is 1. The SMILES string of the molecule is Cc1c(C(=O)NCc2cccc(Br)c2)nnn1-c1cccc(Cl)c1. The fourth-order valence-corrected chi connectivity index (χ4v) is 2.94. The lowest BCUT2D eigenvalue weighted by molar-refractivity contribution is 0.0945. The van der Waals surface area contributed by atoms with Crippen LogP contribution in [0.4, 0.5) is 0 Å². The number of carbonyl (C=O) groups is 1. The minimum Gasteiger partial charge on any atom is -0.347 e. The van der Waals surface area contributed by atoms with Gasteiger partial charge in [0.1, 0.15) is 0 Å². The Morgan fingerprint density at radius 3 is 2.79 bits per heavy atom. The van der Waals surface area contributed by atoms with E-state index in [-0.39, 0.29) is 5.91 Å². The second-order valence-electron chi connectivity index (χ2n) is 5.23. The van der Waals surface area contributed by atoms with Gasteiger partial charge in [-0.1, -0.05) is 50.9 Å². The van der Waals surface area contributed by atoms with Gasteiger partial charge in [-0.2, -0.15) is 0 Å². The van der Waals surface area contributed by atoms with E-state index in [0.717, 1.165) is 15.7 Å². The highest BCUT2D eigenvalue weighted by molar-refractivity contribution is 9.10. The van der Waals surface area contributed by atoms with Crippen molar-refractivity contribution in [1.29, 1.82) is 0 Å². The first-order valence-electron chi connectivity index (χ1n) is 7.25. The van der Waals surface area contributed by atoms with Crippen LogP contribution in [0.2, 0.25) is 5.02 Å². The highest BCUT2D eigenvalue weighted by Crippen LogP contribution is 2.17. The zero-order valence-corrected chi connectivity index (χ0v) is 15.2. The van der Waals surface area contributed by atoms with Crippen LogP contribution in [0.3, 0.4) is 0 Å². The Balaban J connectivity index is 1.76. The minimum absolute atomic E-state index is 0.263. The van der Waals surface area contributed by atoms with Crippen molar-refractivity contribution < 1.29 is 4.79 Å². The molecule has 0 fully saturated rings. The lowest BCUT2D eigenvalue weighted by Crippen LogP contribution is -2.24. The molecule has 0 bridgehead atoms. The topological polar surface area (TPSA) is 59.8 Å². The highest BCUT2D eigenvalue weighted by Gasteiger charge is 2.17. The van der Waals surface area contributed by atoms with Crippen molar-refractivity contribution in [2.75, 3.05) is 0 Å². The largest absolute Gasteiger partial charge is 0.347 e. The third kappa shape index (κ3) is 3.66. The predicted molar refractivity (Wildman–Crippen MR) is 96.4 cm³/mol. The van der Waals surface area contributed by atoms with Crippen molar-refractivity contribution in [2.45, 2.75) is 13.5 Å². The molecule has 7 heteroatoms. The molecule has 24 heavy (non-hydrogen) atoms. The van der Waals surface area contributed by atoms with Crippen LogP contribution in [-0.4, -0.2) is 20.9 Å². The second kappa shape index (κ2) is 7.15. The Labute approximate surface area is 152 Å². The van der Waals surface area contributed by atoms with Crippen molar-refractivity contribution in [1.82, 2.24) is 20.3 Å². The van der Waals surface area contributed by atoms with E-state index in [0.29, 0.717) is 23.0 Å². The fourth-order valence-electron chi connectivity index (χ4n) is 2.31. The summed E-state index contributed by atoms with van der Waals surface area (Å²) in [5.74, 6) is -0.263. The van der Waals surface area contributed by atoms with E-state index >= 15 is 0 Å². The predicted octanol–water partition coefficient (Wildman–Crippen LogP) is 3.92. The van der Waals surface area contributed by atoms with Crippen LogP contribution >= 0.6 is 27.5 Å². The zero-order chi connectivity index (χ0) is 17.1. The molecule has 3 rings (SSSR count). The quantitative estimate of drug-likeness (QED) is 0.715. The van der Waals surface area contributed by atoms with Crippen LogP contribution in [0.25, 0.3) is 5.69 Å². The Morgan fingerprint density at radius 1 is 1.25 bits per heavy atom. The number of hydrogen-bond acceptors (Lipinski definition) is 3. The van der Waals surface area contributed by atoms with Gasteiger partial charge in [0.25, 0.3) is 5.91 Å². The summed E-state index contributed by atoms with van der Waals surface area (Å²) >= 11 is 9.41. The Morgan fingerprint density at radius 2 is 2.04 bits per heavy atom. The maximum atomic E-state index is 12.4. The van der Waals surface area contributed by atoms with Crippen molar-refractivity contribution in [2.24, 2.45) is 0 Å². The first-order chi connectivity index (χ1) is 11.5. The van der Waals surface area contributed by atoms with E-state index in [1.54, 1.807) is 23.7 Å². The smallest absolute Gasteiger partial charge is 0.274 e. The summed E-state index contributed by atoms with van der Waals surface area (Å²) in [4.78, 5) is 12.4. The molecule has 0 atom stereocenters. The summed E-state index contributed by atoms with van der Waals surface area (Å²) in [5.41, 5.74) is 2.71. The van der Waals surface area contributed by atoms with Gasteiger partial charge in [0.15, 0.2) is 5.69 Å². The Bertz CT molecular complexity index is 894. The van der Waals surface area contributed by atoms with E-state index < -0.39 is 0 Å². The van der Waals surface area contributed by atoms with Crippen LogP contribution < -0.4 is 5.32 Å². The van der Waals surface area contributed by atoms with Crippen LogP contribution in [-0.2, 0) is 6.54 Å². The monoisotopic (exact) mass is 404 g/mol. The molecule has 0 radical (unpaired) electrons. The molecule has 122 valence electrons. The first kappa shape index (κ1) is 16.7. The van der Waals surface area contributed by atoms with Crippen LogP contribution in [0.1, 0.15) is 21.7 Å². The molecule has 1 N–H and O–H groups in total. The standard InChI is InChI=1S/C17H14BrClN4O/c1-11-16(17(24)20-10-12-4-2-5-13(18)8-12)21-22-23(11)15-7-3-6-14(19)9-15/h2-9H,10H2,1H3,(H,20,24). The number of nitrogens with zero attached hydrogens (tertiary/aromatic N) is 3. The Hall–Kier alpha value is -2.18.